The molecular formula is C14H21NO2. The van der Waals surface area contributed by atoms with Crippen LogP contribution in [-0.4, -0.2) is 13.2 Å². The van der Waals surface area contributed by atoms with Crippen molar-refractivity contribution in [3.8, 4) is 5.75 Å². The van der Waals surface area contributed by atoms with Gasteiger partial charge in [0, 0.05) is 17.9 Å². The van der Waals surface area contributed by atoms with Crippen molar-refractivity contribution < 1.29 is 9.47 Å². The molecule has 0 saturated heterocycles. The molecule has 1 saturated carbocycles. The molecule has 1 aliphatic rings. The Balaban J connectivity index is 1.85. The predicted octanol–water partition coefficient (Wildman–Crippen LogP) is 2.98. The summed E-state index contributed by atoms with van der Waals surface area (Å²) in [5.41, 5.74) is 7.58. The standard InChI is InChI=1S/C14H21NO2/c1-2-17-14-6-5-13(15)9-12(14)10-16-8-7-11-3-4-11/h5-6,9,11H,2-4,7-8,10,15H2,1H3. The van der Waals surface area contributed by atoms with Crippen LogP contribution in [0.1, 0.15) is 31.7 Å². The van der Waals surface area contributed by atoms with E-state index < -0.39 is 0 Å². The Hall–Kier alpha value is -1.22. The molecule has 3 nitrogen and oxygen atoms in total. The maximum Gasteiger partial charge on any atom is 0.124 e. The van der Waals surface area contributed by atoms with Crippen molar-refractivity contribution in [2.24, 2.45) is 5.92 Å². The fourth-order valence-electron chi connectivity index (χ4n) is 1.85. The lowest BCUT2D eigenvalue weighted by atomic mass is 10.2. The summed E-state index contributed by atoms with van der Waals surface area (Å²) < 4.78 is 11.2. The lowest BCUT2D eigenvalue weighted by Crippen LogP contribution is -2.02. The smallest absolute Gasteiger partial charge is 0.124 e. The number of hydrogen-bond acceptors (Lipinski definition) is 3. The van der Waals surface area contributed by atoms with E-state index in [9.17, 15) is 0 Å². The molecule has 1 aliphatic carbocycles. The van der Waals surface area contributed by atoms with E-state index in [1.807, 2.05) is 25.1 Å². The monoisotopic (exact) mass is 235 g/mol. The van der Waals surface area contributed by atoms with Gasteiger partial charge in [-0.2, -0.15) is 0 Å². The van der Waals surface area contributed by atoms with Crippen molar-refractivity contribution in [1.29, 1.82) is 0 Å². The quantitative estimate of drug-likeness (QED) is 0.583. The molecule has 0 bridgehead atoms. The van der Waals surface area contributed by atoms with E-state index in [0.717, 1.165) is 29.5 Å². The Morgan fingerprint density at radius 3 is 2.88 bits per heavy atom. The fourth-order valence-corrected chi connectivity index (χ4v) is 1.85. The third kappa shape index (κ3) is 3.93. The van der Waals surface area contributed by atoms with E-state index in [-0.39, 0.29) is 0 Å². The first kappa shape index (κ1) is 12.2. The molecule has 0 aromatic heterocycles. The maximum atomic E-state index is 5.77. The van der Waals surface area contributed by atoms with Crippen molar-refractivity contribution in [2.45, 2.75) is 32.8 Å². The molecule has 1 fully saturated rings. The van der Waals surface area contributed by atoms with E-state index in [0.29, 0.717) is 13.2 Å². The van der Waals surface area contributed by atoms with Gasteiger partial charge in [-0.3, -0.25) is 0 Å². The topological polar surface area (TPSA) is 44.5 Å². The number of benzene rings is 1. The zero-order chi connectivity index (χ0) is 12.1. The summed E-state index contributed by atoms with van der Waals surface area (Å²) in [6, 6.07) is 5.71. The molecule has 0 atom stereocenters. The molecule has 0 heterocycles. The molecule has 0 spiro atoms. The molecule has 1 aromatic carbocycles. The van der Waals surface area contributed by atoms with Crippen LogP contribution < -0.4 is 10.5 Å². The Morgan fingerprint density at radius 1 is 1.35 bits per heavy atom. The van der Waals surface area contributed by atoms with E-state index >= 15 is 0 Å². The van der Waals surface area contributed by atoms with Gasteiger partial charge in [-0.25, -0.2) is 0 Å². The predicted molar refractivity (Wildman–Crippen MR) is 69.0 cm³/mol. The zero-order valence-electron chi connectivity index (χ0n) is 10.4. The van der Waals surface area contributed by atoms with Gasteiger partial charge in [-0.1, -0.05) is 12.8 Å². The average molecular weight is 235 g/mol. The lowest BCUT2D eigenvalue weighted by Gasteiger charge is -2.11. The van der Waals surface area contributed by atoms with E-state index in [2.05, 4.69) is 0 Å². The minimum atomic E-state index is 0.590. The fraction of sp³-hybridized carbons (Fsp3) is 0.571. The summed E-state index contributed by atoms with van der Waals surface area (Å²) in [6.07, 6.45) is 3.95. The van der Waals surface area contributed by atoms with E-state index in [4.69, 9.17) is 15.2 Å². The third-order valence-electron chi connectivity index (χ3n) is 3.01. The molecule has 0 aliphatic heterocycles. The van der Waals surface area contributed by atoms with Crippen molar-refractivity contribution in [3.63, 3.8) is 0 Å². The normalized spacial score (nSPS) is 14.9. The minimum absolute atomic E-state index is 0.590. The summed E-state index contributed by atoms with van der Waals surface area (Å²) >= 11 is 0. The van der Waals surface area contributed by atoms with Crippen LogP contribution in [0.4, 0.5) is 5.69 Å². The van der Waals surface area contributed by atoms with Gasteiger partial charge in [0.25, 0.3) is 0 Å². The van der Waals surface area contributed by atoms with Gasteiger partial charge in [-0.05, 0) is 37.5 Å². The molecule has 0 unspecified atom stereocenters. The lowest BCUT2D eigenvalue weighted by molar-refractivity contribution is 0.113. The first-order valence-corrected chi connectivity index (χ1v) is 6.38. The number of hydrogen-bond donors (Lipinski definition) is 1. The third-order valence-corrected chi connectivity index (χ3v) is 3.01. The number of ether oxygens (including phenoxy) is 2. The highest BCUT2D eigenvalue weighted by Crippen LogP contribution is 2.32. The highest BCUT2D eigenvalue weighted by molar-refractivity contribution is 5.47. The van der Waals surface area contributed by atoms with Crippen LogP contribution in [0.5, 0.6) is 5.75 Å². The van der Waals surface area contributed by atoms with Gasteiger partial charge in [0.2, 0.25) is 0 Å². The Labute approximate surface area is 103 Å². The molecule has 0 radical (unpaired) electrons. The highest BCUT2D eigenvalue weighted by Gasteiger charge is 2.20. The van der Waals surface area contributed by atoms with E-state index in [1.165, 1.54) is 19.3 Å². The minimum Gasteiger partial charge on any atom is -0.494 e. The second-order valence-corrected chi connectivity index (χ2v) is 4.58. The molecule has 0 amide bonds. The summed E-state index contributed by atoms with van der Waals surface area (Å²) in [5, 5.41) is 0. The Morgan fingerprint density at radius 2 is 2.18 bits per heavy atom. The molecular weight excluding hydrogens is 214 g/mol. The molecule has 17 heavy (non-hydrogen) atoms. The number of rotatable bonds is 7. The van der Waals surface area contributed by atoms with E-state index in [1.54, 1.807) is 0 Å². The molecule has 2 N–H and O–H groups in total. The van der Waals surface area contributed by atoms with Crippen LogP contribution >= 0.6 is 0 Å². The summed E-state index contributed by atoms with van der Waals surface area (Å²) in [7, 11) is 0. The Kier molecular flexibility index (Phi) is 4.26. The highest BCUT2D eigenvalue weighted by atomic mass is 16.5. The van der Waals surface area contributed by atoms with Crippen LogP contribution in [0.2, 0.25) is 0 Å². The number of nitrogens with two attached hydrogens (primary N) is 1. The van der Waals surface area contributed by atoms with Crippen molar-refractivity contribution in [2.75, 3.05) is 18.9 Å². The molecule has 94 valence electrons. The average Bonchev–Trinajstić information content (AvgIpc) is 3.12. The number of anilines is 1. The van der Waals surface area contributed by atoms with Crippen LogP contribution in [0.3, 0.4) is 0 Å². The van der Waals surface area contributed by atoms with Crippen LogP contribution in [0.25, 0.3) is 0 Å². The SMILES string of the molecule is CCOc1ccc(N)cc1COCCC1CC1. The van der Waals surface area contributed by atoms with Gasteiger partial charge in [0.15, 0.2) is 0 Å². The Bertz CT molecular complexity index is 361. The summed E-state index contributed by atoms with van der Waals surface area (Å²) in [5.74, 6) is 1.80. The first-order valence-electron chi connectivity index (χ1n) is 6.38. The van der Waals surface area contributed by atoms with Crippen LogP contribution in [0.15, 0.2) is 18.2 Å². The van der Waals surface area contributed by atoms with Crippen LogP contribution in [0, 0.1) is 5.92 Å². The van der Waals surface area contributed by atoms with Gasteiger partial charge >= 0.3 is 0 Å². The van der Waals surface area contributed by atoms with Crippen LogP contribution in [-0.2, 0) is 11.3 Å². The van der Waals surface area contributed by atoms with Gasteiger partial charge in [0.1, 0.15) is 5.75 Å². The molecule has 1 aromatic rings. The van der Waals surface area contributed by atoms with Gasteiger partial charge in [0.05, 0.1) is 13.2 Å². The largest absolute Gasteiger partial charge is 0.494 e. The van der Waals surface area contributed by atoms with Gasteiger partial charge in [-0.15, -0.1) is 0 Å². The summed E-state index contributed by atoms with van der Waals surface area (Å²) in [6.45, 7) is 4.07. The summed E-state index contributed by atoms with van der Waals surface area (Å²) in [4.78, 5) is 0. The van der Waals surface area contributed by atoms with Crippen molar-refractivity contribution >= 4 is 5.69 Å². The number of nitrogen functional groups attached to an aromatic ring is 1. The second kappa shape index (κ2) is 5.92. The second-order valence-electron chi connectivity index (χ2n) is 4.58. The molecule has 2 rings (SSSR count). The molecule has 3 heteroatoms. The van der Waals surface area contributed by atoms with Crippen molar-refractivity contribution in [1.82, 2.24) is 0 Å². The first-order chi connectivity index (χ1) is 8.29. The van der Waals surface area contributed by atoms with Crippen molar-refractivity contribution in [3.05, 3.63) is 23.8 Å². The van der Waals surface area contributed by atoms with Gasteiger partial charge < -0.3 is 15.2 Å². The zero-order valence-corrected chi connectivity index (χ0v) is 10.4. The maximum absolute atomic E-state index is 5.77.